The van der Waals surface area contributed by atoms with E-state index in [0.29, 0.717) is 12.8 Å². The zero-order chi connectivity index (χ0) is 36.8. The molecular weight excluding hydrogens is 653 g/mol. The number of hydrogen-bond donors (Lipinski definition) is 3. The molecule has 0 aliphatic heterocycles. The van der Waals surface area contributed by atoms with Gasteiger partial charge in [0.2, 0.25) is 5.91 Å². The number of carbonyl (C=O) groups is 2. The highest BCUT2D eigenvalue weighted by atomic mass is 31.2. The molecule has 0 rings (SSSR count). The second-order valence-electron chi connectivity index (χ2n) is 14.3. The van der Waals surface area contributed by atoms with Gasteiger partial charge in [0.1, 0.15) is 12.7 Å². The predicted octanol–water partition coefficient (Wildman–Crippen LogP) is 11.3. The Hall–Kier alpha value is -0.990. The molecule has 2 unspecified atom stereocenters. The van der Waals surface area contributed by atoms with E-state index in [4.69, 9.17) is 13.8 Å². The highest BCUT2D eigenvalue weighted by Crippen LogP contribution is 2.42. The van der Waals surface area contributed by atoms with Crippen LogP contribution in [0.25, 0.3) is 0 Å². The van der Waals surface area contributed by atoms with Gasteiger partial charge in [-0.1, -0.05) is 187 Å². The number of aliphatic hydroxyl groups excluding tert-OH is 1. The topological polar surface area (TPSA) is 131 Å². The van der Waals surface area contributed by atoms with Crippen LogP contribution in [0.5, 0.6) is 0 Å². The third-order valence-corrected chi connectivity index (χ3v) is 10.3. The molecule has 0 radical (unpaired) electrons. The van der Waals surface area contributed by atoms with Gasteiger partial charge in [-0.3, -0.25) is 18.6 Å². The first-order valence-corrected chi connectivity index (χ1v) is 22.5. The number of rotatable bonds is 40. The van der Waals surface area contributed by atoms with Gasteiger partial charge < -0.3 is 20.1 Å². The van der Waals surface area contributed by atoms with Crippen molar-refractivity contribution in [2.45, 2.75) is 219 Å². The minimum absolute atomic E-state index is 0.0881. The number of aliphatic hydroxyl groups is 1. The molecule has 0 aromatic heterocycles. The minimum atomic E-state index is -4.40. The summed E-state index contributed by atoms with van der Waals surface area (Å²) >= 11 is 0. The van der Waals surface area contributed by atoms with Crippen LogP contribution >= 0.6 is 7.82 Å². The van der Waals surface area contributed by atoms with Crippen LogP contribution in [0.1, 0.15) is 213 Å². The molecule has 298 valence electrons. The second kappa shape index (κ2) is 37.8. The van der Waals surface area contributed by atoms with Crippen molar-refractivity contribution < 1.29 is 37.9 Å². The SMILES string of the molecule is CCCCCCCCCCCCCCCCCC(=O)OCC(O)COP(=O)(O)OCCNC(=O)CCCCCCCCCCCCCCCC. The van der Waals surface area contributed by atoms with Crippen molar-refractivity contribution in [3.8, 4) is 0 Å². The Morgan fingerprint density at radius 2 is 0.900 bits per heavy atom. The molecule has 0 aromatic carbocycles. The summed E-state index contributed by atoms with van der Waals surface area (Å²) in [6.45, 7) is 3.59. The van der Waals surface area contributed by atoms with Gasteiger partial charge in [0.25, 0.3) is 0 Å². The lowest BCUT2D eigenvalue weighted by atomic mass is 10.0. The molecule has 0 fully saturated rings. The highest BCUT2D eigenvalue weighted by molar-refractivity contribution is 7.47. The van der Waals surface area contributed by atoms with Gasteiger partial charge in [0.15, 0.2) is 0 Å². The number of phosphoric ester groups is 1. The molecule has 0 aliphatic carbocycles. The van der Waals surface area contributed by atoms with Crippen LogP contribution in [-0.4, -0.2) is 54.3 Å². The average molecular weight is 734 g/mol. The summed E-state index contributed by atoms with van der Waals surface area (Å²) in [5.74, 6) is -0.505. The van der Waals surface area contributed by atoms with E-state index in [0.717, 1.165) is 38.5 Å². The predicted molar refractivity (Wildman–Crippen MR) is 206 cm³/mol. The number of esters is 1. The van der Waals surface area contributed by atoms with Crippen LogP contribution in [-0.2, 0) is 27.9 Å². The summed E-state index contributed by atoms with van der Waals surface area (Å²) in [5, 5.41) is 12.7. The molecule has 0 saturated carbocycles. The monoisotopic (exact) mass is 734 g/mol. The van der Waals surface area contributed by atoms with Crippen LogP contribution in [0.3, 0.4) is 0 Å². The van der Waals surface area contributed by atoms with Gasteiger partial charge >= 0.3 is 13.8 Å². The summed E-state index contributed by atoms with van der Waals surface area (Å²) in [6, 6.07) is 0. The van der Waals surface area contributed by atoms with Crippen molar-refractivity contribution in [1.29, 1.82) is 0 Å². The summed E-state index contributed by atoms with van der Waals surface area (Å²) in [6.07, 6.45) is 36.0. The van der Waals surface area contributed by atoms with E-state index >= 15 is 0 Å². The van der Waals surface area contributed by atoms with Gasteiger partial charge in [-0.2, -0.15) is 0 Å². The summed E-state index contributed by atoms with van der Waals surface area (Å²) in [5.41, 5.74) is 0. The number of nitrogens with one attached hydrogen (secondary N) is 1. The molecule has 0 heterocycles. The second-order valence-corrected chi connectivity index (χ2v) is 15.8. The van der Waals surface area contributed by atoms with Gasteiger partial charge in [0.05, 0.1) is 13.2 Å². The van der Waals surface area contributed by atoms with Crippen LogP contribution in [0, 0.1) is 0 Å². The van der Waals surface area contributed by atoms with E-state index in [-0.39, 0.29) is 25.7 Å². The fourth-order valence-electron chi connectivity index (χ4n) is 6.09. The van der Waals surface area contributed by atoms with Crippen LogP contribution in [0.15, 0.2) is 0 Å². The van der Waals surface area contributed by atoms with Crippen molar-refractivity contribution in [2.75, 3.05) is 26.4 Å². The van der Waals surface area contributed by atoms with Gasteiger partial charge in [-0.15, -0.1) is 0 Å². The molecule has 0 aliphatic rings. The van der Waals surface area contributed by atoms with E-state index in [1.54, 1.807) is 0 Å². The Bertz CT molecular complexity index is 799. The Labute approximate surface area is 307 Å². The normalized spacial score (nSPS) is 13.3. The average Bonchev–Trinajstić information content (AvgIpc) is 3.10. The molecule has 50 heavy (non-hydrogen) atoms. The number of phosphoric acid groups is 1. The van der Waals surface area contributed by atoms with E-state index < -0.39 is 26.5 Å². The third kappa shape index (κ3) is 38.2. The first-order chi connectivity index (χ1) is 24.3. The Balaban J connectivity index is 3.56. The molecule has 3 N–H and O–H groups in total. The lowest BCUT2D eigenvalue weighted by molar-refractivity contribution is -0.147. The summed E-state index contributed by atoms with van der Waals surface area (Å²) < 4.78 is 26.8. The van der Waals surface area contributed by atoms with E-state index in [1.807, 2.05) is 0 Å². The first-order valence-electron chi connectivity index (χ1n) is 21.0. The summed E-state index contributed by atoms with van der Waals surface area (Å²) in [7, 11) is -4.40. The zero-order valence-electron chi connectivity index (χ0n) is 32.6. The van der Waals surface area contributed by atoms with Crippen LogP contribution in [0.4, 0.5) is 0 Å². The van der Waals surface area contributed by atoms with Crippen molar-refractivity contribution in [3.05, 3.63) is 0 Å². The van der Waals surface area contributed by atoms with E-state index in [2.05, 4.69) is 19.2 Å². The van der Waals surface area contributed by atoms with Gasteiger partial charge in [-0.25, -0.2) is 4.57 Å². The number of unbranched alkanes of at least 4 members (excludes halogenated alkanes) is 27. The highest BCUT2D eigenvalue weighted by Gasteiger charge is 2.23. The zero-order valence-corrected chi connectivity index (χ0v) is 33.5. The molecule has 0 bridgehead atoms. The molecule has 2 atom stereocenters. The molecule has 1 amide bonds. The smallest absolute Gasteiger partial charge is 0.463 e. The quantitative estimate of drug-likeness (QED) is 0.0322. The number of hydrogen-bond acceptors (Lipinski definition) is 7. The minimum Gasteiger partial charge on any atom is -0.463 e. The van der Waals surface area contributed by atoms with Crippen LogP contribution in [0.2, 0.25) is 0 Å². The maximum absolute atomic E-state index is 12.1. The molecule has 0 spiro atoms. The van der Waals surface area contributed by atoms with Gasteiger partial charge in [-0.05, 0) is 12.8 Å². The maximum atomic E-state index is 12.1. The van der Waals surface area contributed by atoms with Gasteiger partial charge in [0, 0.05) is 19.4 Å². The lowest BCUT2D eigenvalue weighted by Gasteiger charge is -2.15. The first kappa shape index (κ1) is 49.0. The molecule has 9 nitrogen and oxygen atoms in total. The maximum Gasteiger partial charge on any atom is 0.472 e. The van der Waals surface area contributed by atoms with Crippen molar-refractivity contribution in [2.24, 2.45) is 0 Å². The van der Waals surface area contributed by atoms with E-state index in [1.165, 1.54) is 148 Å². The van der Waals surface area contributed by atoms with Crippen molar-refractivity contribution in [3.63, 3.8) is 0 Å². The fraction of sp³-hybridized carbons (Fsp3) is 0.950. The van der Waals surface area contributed by atoms with Crippen LogP contribution < -0.4 is 5.32 Å². The molecule has 0 saturated heterocycles. The van der Waals surface area contributed by atoms with Crippen molar-refractivity contribution in [1.82, 2.24) is 5.32 Å². The lowest BCUT2D eigenvalue weighted by Crippen LogP contribution is -2.27. The molecule has 10 heteroatoms. The number of carbonyl (C=O) groups excluding carboxylic acids is 2. The largest absolute Gasteiger partial charge is 0.472 e. The third-order valence-electron chi connectivity index (χ3n) is 9.29. The molecular formula is C40H80NO8P. The van der Waals surface area contributed by atoms with E-state index in [9.17, 15) is 24.2 Å². The Morgan fingerprint density at radius 1 is 0.540 bits per heavy atom. The Kier molecular flexibility index (Phi) is 37.0. The number of amides is 1. The fourth-order valence-corrected chi connectivity index (χ4v) is 6.84. The Morgan fingerprint density at radius 3 is 1.30 bits per heavy atom. The standard InChI is InChI=1S/C40H80NO8P/c1-3-5-7-9-11-13-15-17-19-21-23-25-27-29-31-33-40(44)47-36-38(42)37-49-50(45,46)48-35-34-41-39(43)32-30-28-26-24-22-20-18-16-14-12-10-8-6-4-2/h38,42H,3-37H2,1-2H3,(H,41,43)(H,45,46). The number of ether oxygens (including phenoxy) is 1. The molecule has 0 aromatic rings. The van der Waals surface area contributed by atoms with Crippen molar-refractivity contribution >= 4 is 19.7 Å². The summed E-state index contributed by atoms with van der Waals surface area (Å²) in [4.78, 5) is 33.8.